The fourth-order valence-corrected chi connectivity index (χ4v) is 1.97. The number of primary amides is 1. The molecule has 0 aromatic heterocycles. The molecule has 1 aliphatic rings. The van der Waals surface area contributed by atoms with Crippen molar-refractivity contribution in [3.63, 3.8) is 0 Å². The number of hydrogen-bond donors (Lipinski definition) is 3. The van der Waals surface area contributed by atoms with Crippen molar-refractivity contribution >= 4 is 17.5 Å². The molecule has 1 saturated heterocycles. The Hall–Kier alpha value is -2.12. The molecule has 20 heavy (non-hydrogen) atoms. The van der Waals surface area contributed by atoms with Gasteiger partial charge >= 0.3 is 0 Å². The van der Waals surface area contributed by atoms with Gasteiger partial charge < -0.3 is 26.3 Å². The molecule has 5 N–H and O–H groups in total. The van der Waals surface area contributed by atoms with Crippen molar-refractivity contribution in [2.24, 2.45) is 11.5 Å². The number of carbonyl (C=O) groups excluding carboxylic acids is 2. The van der Waals surface area contributed by atoms with Crippen LogP contribution < -0.4 is 21.5 Å². The number of benzene rings is 1. The van der Waals surface area contributed by atoms with E-state index in [4.69, 9.17) is 20.9 Å². The lowest BCUT2D eigenvalue weighted by Crippen LogP contribution is -2.51. The molecular formula is C13H17N3O4. The Balaban J connectivity index is 2.25. The topological polar surface area (TPSA) is 117 Å². The third kappa shape index (κ3) is 2.73. The van der Waals surface area contributed by atoms with E-state index in [9.17, 15) is 9.59 Å². The second kappa shape index (κ2) is 5.48. The summed E-state index contributed by atoms with van der Waals surface area (Å²) in [4.78, 5) is 23.4. The Morgan fingerprint density at radius 2 is 2.20 bits per heavy atom. The van der Waals surface area contributed by atoms with Gasteiger partial charge in [0.05, 0.1) is 19.4 Å². The van der Waals surface area contributed by atoms with E-state index in [2.05, 4.69) is 5.32 Å². The Kier molecular flexibility index (Phi) is 3.91. The maximum absolute atomic E-state index is 12.2. The Bertz CT molecular complexity index is 538. The Morgan fingerprint density at radius 1 is 1.45 bits per heavy atom. The summed E-state index contributed by atoms with van der Waals surface area (Å²) < 4.78 is 10.3. The maximum atomic E-state index is 12.2. The third-order valence-corrected chi connectivity index (χ3v) is 3.24. The number of hydrogen-bond acceptors (Lipinski definition) is 5. The molecule has 1 fully saturated rings. The summed E-state index contributed by atoms with van der Waals surface area (Å²) in [6.07, 6.45) is 0.441. The monoisotopic (exact) mass is 279 g/mol. The molecule has 0 bridgehead atoms. The second-order valence-corrected chi connectivity index (χ2v) is 4.69. The highest BCUT2D eigenvalue weighted by Crippen LogP contribution is 2.27. The molecule has 1 unspecified atom stereocenters. The first-order valence-corrected chi connectivity index (χ1v) is 6.12. The van der Waals surface area contributed by atoms with Crippen LogP contribution in [0.3, 0.4) is 0 Å². The molecule has 7 heteroatoms. The average molecular weight is 279 g/mol. The molecule has 1 heterocycles. The van der Waals surface area contributed by atoms with E-state index in [1.165, 1.54) is 19.2 Å². The van der Waals surface area contributed by atoms with Gasteiger partial charge in [0.2, 0.25) is 11.8 Å². The van der Waals surface area contributed by atoms with Crippen LogP contribution in [-0.4, -0.2) is 37.7 Å². The van der Waals surface area contributed by atoms with Crippen LogP contribution >= 0.6 is 0 Å². The van der Waals surface area contributed by atoms with Crippen LogP contribution in [0.25, 0.3) is 0 Å². The molecule has 1 aromatic carbocycles. The number of methoxy groups -OCH3 is 1. The van der Waals surface area contributed by atoms with E-state index in [-0.39, 0.29) is 18.1 Å². The van der Waals surface area contributed by atoms with E-state index in [0.29, 0.717) is 24.5 Å². The van der Waals surface area contributed by atoms with Gasteiger partial charge in [-0.2, -0.15) is 0 Å². The first kappa shape index (κ1) is 14.3. The highest BCUT2D eigenvalue weighted by molar-refractivity contribution is 6.01. The molecule has 1 aromatic rings. The number of amides is 2. The minimum atomic E-state index is -1.06. The average Bonchev–Trinajstić information content (AvgIpc) is 2.87. The van der Waals surface area contributed by atoms with Gasteiger partial charge in [-0.3, -0.25) is 9.59 Å². The van der Waals surface area contributed by atoms with E-state index in [1.54, 1.807) is 6.07 Å². The van der Waals surface area contributed by atoms with Crippen LogP contribution in [0.5, 0.6) is 5.75 Å². The van der Waals surface area contributed by atoms with E-state index in [1.807, 2.05) is 0 Å². The van der Waals surface area contributed by atoms with Crippen molar-refractivity contribution in [2.75, 3.05) is 25.6 Å². The van der Waals surface area contributed by atoms with Gasteiger partial charge in [0.1, 0.15) is 11.3 Å². The minimum Gasteiger partial charge on any atom is -0.495 e. The lowest BCUT2D eigenvalue weighted by Gasteiger charge is -2.21. The zero-order chi connectivity index (χ0) is 14.8. The van der Waals surface area contributed by atoms with Crippen LogP contribution in [0.15, 0.2) is 18.2 Å². The summed E-state index contributed by atoms with van der Waals surface area (Å²) >= 11 is 0. The first-order valence-electron chi connectivity index (χ1n) is 6.12. The highest BCUT2D eigenvalue weighted by atomic mass is 16.5. The van der Waals surface area contributed by atoms with Crippen LogP contribution in [0.1, 0.15) is 16.8 Å². The lowest BCUT2D eigenvalue weighted by atomic mass is 9.99. The van der Waals surface area contributed by atoms with Crippen LogP contribution in [0.4, 0.5) is 5.69 Å². The minimum absolute atomic E-state index is 0.163. The maximum Gasteiger partial charge on any atom is 0.248 e. The van der Waals surface area contributed by atoms with Gasteiger partial charge in [-0.1, -0.05) is 0 Å². The third-order valence-electron chi connectivity index (χ3n) is 3.24. The van der Waals surface area contributed by atoms with Crippen molar-refractivity contribution in [1.29, 1.82) is 0 Å². The number of nitrogens with one attached hydrogen (secondary N) is 1. The summed E-state index contributed by atoms with van der Waals surface area (Å²) in [5.41, 5.74) is 10.7. The van der Waals surface area contributed by atoms with Crippen LogP contribution in [0.2, 0.25) is 0 Å². The zero-order valence-corrected chi connectivity index (χ0v) is 11.1. The number of anilines is 1. The second-order valence-electron chi connectivity index (χ2n) is 4.69. The number of carbonyl (C=O) groups is 2. The number of rotatable bonds is 4. The summed E-state index contributed by atoms with van der Waals surface area (Å²) in [5, 5.41) is 2.66. The summed E-state index contributed by atoms with van der Waals surface area (Å²) in [7, 11) is 1.46. The Morgan fingerprint density at radius 3 is 2.75 bits per heavy atom. The largest absolute Gasteiger partial charge is 0.495 e. The smallest absolute Gasteiger partial charge is 0.248 e. The van der Waals surface area contributed by atoms with Gasteiger partial charge in [-0.25, -0.2) is 0 Å². The zero-order valence-electron chi connectivity index (χ0n) is 11.1. The van der Waals surface area contributed by atoms with Crippen molar-refractivity contribution < 1.29 is 19.1 Å². The summed E-state index contributed by atoms with van der Waals surface area (Å²) in [6, 6.07) is 4.54. The molecular weight excluding hydrogens is 262 g/mol. The predicted octanol–water partition coefficient (Wildman–Crippen LogP) is -0.150. The molecule has 108 valence electrons. The quantitative estimate of drug-likeness (QED) is 0.708. The van der Waals surface area contributed by atoms with Gasteiger partial charge in [-0.15, -0.1) is 0 Å². The predicted molar refractivity (Wildman–Crippen MR) is 72.5 cm³/mol. The van der Waals surface area contributed by atoms with Gasteiger partial charge in [0, 0.05) is 12.2 Å². The van der Waals surface area contributed by atoms with Crippen LogP contribution in [0, 0.1) is 0 Å². The summed E-state index contributed by atoms with van der Waals surface area (Å²) in [5.74, 6) is -0.546. The van der Waals surface area contributed by atoms with Crippen molar-refractivity contribution in [3.05, 3.63) is 23.8 Å². The molecule has 0 radical (unpaired) electrons. The standard InChI is InChI=1S/C13H17N3O4/c1-19-10-3-2-8(11(14)17)6-9(10)16-12(18)13(15)4-5-20-7-13/h2-3,6H,4-5,7,15H2,1H3,(H2,14,17)(H,16,18). The number of ether oxygens (including phenoxy) is 2. The van der Waals surface area contributed by atoms with E-state index >= 15 is 0 Å². The molecule has 7 nitrogen and oxygen atoms in total. The SMILES string of the molecule is COc1ccc(C(N)=O)cc1NC(=O)C1(N)CCOC1. The fourth-order valence-electron chi connectivity index (χ4n) is 1.97. The summed E-state index contributed by atoms with van der Waals surface area (Å²) in [6.45, 7) is 0.610. The fraction of sp³-hybridized carbons (Fsp3) is 0.385. The molecule has 0 spiro atoms. The molecule has 2 rings (SSSR count). The molecule has 1 aliphatic heterocycles. The van der Waals surface area contributed by atoms with Crippen molar-refractivity contribution in [1.82, 2.24) is 0 Å². The molecule has 1 atom stereocenters. The van der Waals surface area contributed by atoms with E-state index < -0.39 is 11.4 Å². The molecule has 0 saturated carbocycles. The molecule has 0 aliphatic carbocycles. The highest BCUT2D eigenvalue weighted by Gasteiger charge is 2.38. The van der Waals surface area contributed by atoms with Gasteiger partial charge in [0.15, 0.2) is 0 Å². The van der Waals surface area contributed by atoms with Gasteiger partial charge in [0.25, 0.3) is 0 Å². The van der Waals surface area contributed by atoms with Crippen molar-refractivity contribution in [2.45, 2.75) is 12.0 Å². The first-order chi connectivity index (χ1) is 9.46. The van der Waals surface area contributed by atoms with Crippen molar-refractivity contribution in [3.8, 4) is 5.75 Å². The lowest BCUT2D eigenvalue weighted by molar-refractivity contribution is -0.121. The van der Waals surface area contributed by atoms with E-state index in [0.717, 1.165) is 0 Å². The Labute approximate surface area is 116 Å². The van der Waals surface area contributed by atoms with Crippen LogP contribution in [-0.2, 0) is 9.53 Å². The normalized spacial score (nSPS) is 21.5. The number of nitrogens with two attached hydrogens (primary N) is 2. The van der Waals surface area contributed by atoms with Gasteiger partial charge in [-0.05, 0) is 24.6 Å². The molecule has 2 amide bonds.